The second-order valence-electron chi connectivity index (χ2n) is 6.08. The predicted octanol–water partition coefficient (Wildman–Crippen LogP) is 4.58. The second kappa shape index (κ2) is 8.54. The minimum atomic E-state index is -0.883. The van der Waals surface area contributed by atoms with Crippen LogP contribution in [-0.4, -0.2) is 32.7 Å². The number of benzene rings is 1. The van der Waals surface area contributed by atoms with E-state index in [4.69, 9.17) is 21.7 Å². The number of carbonyl (C=O) groups excluding carboxylic acids is 1. The summed E-state index contributed by atoms with van der Waals surface area (Å²) in [5, 5.41) is 8.73. The van der Waals surface area contributed by atoms with Crippen LogP contribution in [0.4, 0.5) is 0 Å². The summed E-state index contributed by atoms with van der Waals surface area (Å²) in [4.78, 5) is 25.1. The molecule has 0 bridgehead atoms. The number of hydrogen-bond acceptors (Lipinski definition) is 5. The van der Waals surface area contributed by atoms with Gasteiger partial charge in [-0.15, -0.1) is 0 Å². The summed E-state index contributed by atoms with van der Waals surface area (Å²) >= 11 is 6.45. The molecule has 2 aromatic rings. The number of aliphatic carboxylic acids is 1. The van der Waals surface area contributed by atoms with E-state index in [1.165, 1.54) is 22.2 Å². The van der Waals surface area contributed by atoms with Gasteiger partial charge in [0.25, 0.3) is 5.91 Å². The maximum absolute atomic E-state index is 12.5. The summed E-state index contributed by atoms with van der Waals surface area (Å²) in [6.45, 7) is 2.42. The Morgan fingerprint density at radius 1 is 1.26 bits per heavy atom. The van der Waals surface area contributed by atoms with Gasteiger partial charge in [0.2, 0.25) is 0 Å². The Morgan fingerprint density at radius 3 is 2.67 bits per heavy atom. The van der Waals surface area contributed by atoms with E-state index in [1.807, 2.05) is 24.3 Å². The van der Waals surface area contributed by atoms with Crippen LogP contribution in [0.1, 0.15) is 31.1 Å². The van der Waals surface area contributed by atoms with Crippen LogP contribution in [0.3, 0.4) is 0 Å². The Kier molecular flexibility index (Phi) is 6.13. The summed E-state index contributed by atoms with van der Waals surface area (Å²) in [5.74, 6) is 0.225. The smallest absolute Gasteiger partial charge is 0.303 e. The van der Waals surface area contributed by atoms with E-state index < -0.39 is 5.97 Å². The minimum absolute atomic E-state index is 0.00841. The van der Waals surface area contributed by atoms with Crippen LogP contribution in [0.2, 0.25) is 0 Å². The molecule has 0 unspecified atom stereocenters. The molecule has 0 spiro atoms. The highest BCUT2D eigenvalue weighted by molar-refractivity contribution is 8.26. The minimum Gasteiger partial charge on any atom is -0.481 e. The van der Waals surface area contributed by atoms with Crippen molar-refractivity contribution in [2.24, 2.45) is 0 Å². The third-order valence-electron chi connectivity index (χ3n) is 4.19. The van der Waals surface area contributed by atoms with Crippen molar-refractivity contribution in [3.05, 3.63) is 52.6 Å². The van der Waals surface area contributed by atoms with E-state index in [1.54, 1.807) is 6.08 Å². The maximum atomic E-state index is 12.5. The van der Waals surface area contributed by atoms with E-state index in [0.29, 0.717) is 28.0 Å². The lowest BCUT2D eigenvalue weighted by molar-refractivity contribution is -0.137. The number of furan rings is 1. The lowest BCUT2D eigenvalue weighted by Crippen LogP contribution is -2.29. The Morgan fingerprint density at radius 2 is 2.00 bits per heavy atom. The first-order valence-electron chi connectivity index (χ1n) is 8.64. The van der Waals surface area contributed by atoms with Crippen molar-refractivity contribution < 1.29 is 19.1 Å². The molecule has 2 heterocycles. The lowest BCUT2D eigenvalue weighted by Gasteiger charge is -2.13. The summed E-state index contributed by atoms with van der Waals surface area (Å²) in [5.41, 5.74) is 2.24. The highest BCUT2D eigenvalue weighted by atomic mass is 32.2. The van der Waals surface area contributed by atoms with Gasteiger partial charge in [0.1, 0.15) is 15.8 Å². The summed E-state index contributed by atoms with van der Waals surface area (Å²) < 4.78 is 6.30. The molecule has 1 amide bonds. The Labute approximate surface area is 167 Å². The highest BCUT2D eigenvalue weighted by Crippen LogP contribution is 2.33. The average Bonchev–Trinajstić information content (AvgIpc) is 3.22. The zero-order valence-corrected chi connectivity index (χ0v) is 16.4. The van der Waals surface area contributed by atoms with E-state index in [-0.39, 0.29) is 12.3 Å². The van der Waals surface area contributed by atoms with Crippen molar-refractivity contribution in [1.29, 1.82) is 0 Å². The molecule has 1 aromatic heterocycles. The predicted molar refractivity (Wildman–Crippen MR) is 110 cm³/mol. The number of rotatable bonds is 7. The first-order valence-corrected chi connectivity index (χ1v) is 9.86. The zero-order valence-electron chi connectivity index (χ0n) is 14.8. The molecule has 7 heteroatoms. The van der Waals surface area contributed by atoms with Crippen molar-refractivity contribution in [2.75, 3.05) is 6.54 Å². The van der Waals surface area contributed by atoms with Gasteiger partial charge in [0.05, 0.1) is 4.91 Å². The van der Waals surface area contributed by atoms with Crippen LogP contribution >= 0.6 is 24.0 Å². The molecule has 0 atom stereocenters. The molecular formula is C20H19NO4S2. The van der Waals surface area contributed by atoms with E-state index >= 15 is 0 Å². The number of carboxylic acid groups (broad SMARTS) is 1. The van der Waals surface area contributed by atoms with Crippen LogP contribution in [0.25, 0.3) is 17.4 Å². The third kappa shape index (κ3) is 4.67. The van der Waals surface area contributed by atoms with Crippen molar-refractivity contribution in [3.8, 4) is 11.3 Å². The van der Waals surface area contributed by atoms with Crippen LogP contribution in [0, 0.1) is 0 Å². The lowest BCUT2D eigenvalue weighted by atomic mass is 10.1. The van der Waals surface area contributed by atoms with Gasteiger partial charge in [-0.2, -0.15) is 0 Å². The van der Waals surface area contributed by atoms with Crippen LogP contribution < -0.4 is 0 Å². The average molecular weight is 402 g/mol. The fourth-order valence-corrected chi connectivity index (χ4v) is 3.99. The fraction of sp³-hybridized carbons (Fsp3) is 0.250. The fourth-order valence-electron chi connectivity index (χ4n) is 2.70. The van der Waals surface area contributed by atoms with Crippen molar-refractivity contribution >= 4 is 46.3 Å². The number of thioether (sulfide) groups is 1. The number of aryl methyl sites for hydroxylation is 1. The van der Waals surface area contributed by atoms with E-state index in [0.717, 1.165) is 17.7 Å². The summed E-state index contributed by atoms with van der Waals surface area (Å²) in [7, 11) is 0. The van der Waals surface area contributed by atoms with Crippen molar-refractivity contribution in [2.45, 2.75) is 26.2 Å². The maximum Gasteiger partial charge on any atom is 0.303 e. The molecule has 1 N–H and O–H groups in total. The highest BCUT2D eigenvalue weighted by Gasteiger charge is 2.31. The van der Waals surface area contributed by atoms with Gasteiger partial charge < -0.3 is 9.52 Å². The quantitative estimate of drug-likeness (QED) is 0.541. The SMILES string of the molecule is CCc1ccc(-c2ccc(/C=C3\SC(=S)N(CCCC(=O)O)C3=O)o2)cc1. The van der Waals surface area contributed by atoms with Crippen LogP contribution in [-0.2, 0) is 16.0 Å². The van der Waals surface area contributed by atoms with E-state index in [9.17, 15) is 9.59 Å². The van der Waals surface area contributed by atoms with Gasteiger partial charge in [0.15, 0.2) is 0 Å². The standard InChI is InChI=1S/C20H19NO4S2/c1-2-13-5-7-14(8-6-13)16-10-9-15(25-16)12-17-19(24)21(20(26)27-17)11-3-4-18(22)23/h5-10,12H,2-4,11H2,1H3,(H,22,23)/b17-12-. The zero-order chi connectivity index (χ0) is 19.4. The largest absolute Gasteiger partial charge is 0.481 e. The Hall–Kier alpha value is -2.38. The molecule has 1 aromatic carbocycles. The Bertz CT molecular complexity index is 899. The van der Waals surface area contributed by atoms with Gasteiger partial charge in [-0.05, 0) is 30.5 Å². The molecule has 5 nitrogen and oxygen atoms in total. The Balaban J connectivity index is 1.71. The number of carbonyl (C=O) groups is 2. The molecular weight excluding hydrogens is 382 g/mol. The molecule has 140 valence electrons. The number of amides is 1. The summed E-state index contributed by atoms with van der Waals surface area (Å²) in [6, 6.07) is 11.9. The number of nitrogens with zero attached hydrogens (tertiary/aromatic N) is 1. The molecule has 1 saturated heterocycles. The van der Waals surface area contributed by atoms with Gasteiger partial charge in [0, 0.05) is 24.6 Å². The molecule has 27 heavy (non-hydrogen) atoms. The van der Waals surface area contributed by atoms with Crippen LogP contribution in [0.15, 0.2) is 45.7 Å². The number of carboxylic acids is 1. The molecule has 0 radical (unpaired) electrons. The molecule has 1 aliphatic heterocycles. The first-order chi connectivity index (χ1) is 13.0. The number of hydrogen-bond donors (Lipinski definition) is 1. The van der Waals surface area contributed by atoms with Gasteiger partial charge in [-0.1, -0.05) is 55.2 Å². The van der Waals surface area contributed by atoms with Gasteiger partial charge in [-0.25, -0.2) is 0 Å². The van der Waals surface area contributed by atoms with Crippen LogP contribution in [0.5, 0.6) is 0 Å². The molecule has 0 aliphatic carbocycles. The molecule has 0 saturated carbocycles. The topological polar surface area (TPSA) is 70.8 Å². The molecule has 1 fully saturated rings. The molecule has 3 rings (SSSR count). The monoisotopic (exact) mass is 401 g/mol. The van der Waals surface area contributed by atoms with Gasteiger partial charge in [-0.3, -0.25) is 14.5 Å². The van der Waals surface area contributed by atoms with Gasteiger partial charge >= 0.3 is 5.97 Å². The normalized spacial score (nSPS) is 15.7. The number of thiocarbonyl (C=S) groups is 1. The molecule has 1 aliphatic rings. The van der Waals surface area contributed by atoms with Crippen molar-refractivity contribution in [3.63, 3.8) is 0 Å². The second-order valence-corrected chi connectivity index (χ2v) is 7.76. The third-order valence-corrected chi connectivity index (χ3v) is 5.57. The van der Waals surface area contributed by atoms with Crippen molar-refractivity contribution in [1.82, 2.24) is 4.90 Å². The van der Waals surface area contributed by atoms with E-state index in [2.05, 4.69) is 19.1 Å². The first kappa shape index (κ1) is 19.4. The summed E-state index contributed by atoms with van der Waals surface area (Å²) in [6.07, 6.45) is 3.04.